The van der Waals surface area contributed by atoms with Crippen LogP contribution >= 0.6 is 0 Å². The third-order valence-corrected chi connectivity index (χ3v) is 2.33. The summed E-state index contributed by atoms with van der Waals surface area (Å²) in [6, 6.07) is 2.55. The molecule has 0 aliphatic rings. The SMILES string of the molecule is Cn1nc(-c2ccc(F)c(C(F)(F)F)c2)nc1N. The van der Waals surface area contributed by atoms with E-state index in [1.165, 1.54) is 17.8 Å². The minimum atomic E-state index is -4.76. The van der Waals surface area contributed by atoms with E-state index in [9.17, 15) is 17.6 Å². The number of nitrogens with two attached hydrogens (primary N) is 1. The minimum absolute atomic E-state index is 0.0144. The first-order valence-corrected chi connectivity index (χ1v) is 4.82. The summed E-state index contributed by atoms with van der Waals surface area (Å²) in [5.41, 5.74) is 4.12. The van der Waals surface area contributed by atoms with Crippen LogP contribution in [0, 0.1) is 5.82 Å². The van der Waals surface area contributed by atoms with Crippen LogP contribution in [-0.4, -0.2) is 14.8 Å². The van der Waals surface area contributed by atoms with Gasteiger partial charge in [-0.2, -0.15) is 18.2 Å². The van der Waals surface area contributed by atoms with E-state index >= 15 is 0 Å². The minimum Gasteiger partial charge on any atom is -0.368 e. The van der Waals surface area contributed by atoms with Crippen molar-refractivity contribution in [2.75, 3.05) is 5.73 Å². The molecule has 0 radical (unpaired) electrons. The van der Waals surface area contributed by atoms with Gasteiger partial charge in [-0.05, 0) is 18.2 Å². The summed E-state index contributed by atoms with van der Waals surface area (Å²) in [6.07, 6.45) is -4.76. The predicted molar refractivity (Wildman–Crippen MR) is 55.8 cm³/mol. The number of anilines is 1. The molecule has 1 aromatic carbocycles. The molecule has 1 aromatic heterocycles. The number of rotatable bonds is 1. The molecule has 0 aliphatic carbocycles. The average Bonchev–Trinajstić information content (AvgIpc) is 2.58. The van der Waals surface area contributed by atoms with E-state index in [0.29, 0.717) is 6.07 Å². The van der Waals surface area contributed by atoms with Gasteiger partial charge in [0.05, 0.1) is 5.56 Å². The van der Waals surface area contributed by atoms with Crippen molar-refractivity contribution in [1.29, 1.82) is 0 Å². The van der Waals surface area contributed by atoms with E-state index < -0.39 is 17.6 Å². The Morgan fingerprint density at radius 3 is 2.44 bits per heavy atom. The van der Waals surface area contributed by atoms with E-state index in [4.69, 9.17) is 5.73 Å². The second-order valence-corrected chi connectivity index (χ2v) is 3.61. The number of nitrogens with zero attached hydrogens (tertiary/aromatic N) is 3. The molecule has 0 spiro atoms. The molecule has 0 saturated heterocycles. The zero-order valence-electron chi connectivity index (χ0n) is 9.16. The van der Waals surface area contributed by atoms with Gasteiger partial charge in [0.25, 0.3) is 0 Å². The van der Waals surface area contributed by atoms with E-state index in [2.05, 4.69) is 10.1 Å². The van der Waals surface area contributed by atoms with Crippen LogP contribution in [0.3, 0.4) is 0 Å². The molecule has 1 heterocycles. The molecule has 0 fully saturated rings. The molecule has 0 aliphatic heterocycles. The molecule has 0 amide bonds. The first kappa shape index (κ1) is 12.3. The highest BCUT2D eigenvalue weighted by Gasteiger charge is 2.34. The third-order valence-electron chi connectivity index (χ3n) is 2.33. The van der Waals surface area contributed by atoms with Gasteiger partial charge in [-0.1, -0.05) is 0 Å². The van der Waals surface area contributed by atoms with Gasteiger partial charge in [0, 0.05) is 12.6 Å². The van der Waals surface area contributed by atoms with Crippen LogP contribution < -0.4 is 5.73 Å². The van der Waals surface area contributed by atoms with Gasteiger partial charge in [-0.25, -0.2) is 9.07 Å². The lowest BCUT2D eigenvalue weighted by atomic mass is 10.1. The summed E-state index contributed by atoms with van der Waals surface area (Å²) in [5, 5.41) is 3.82. The highest BCUT2D eigenvalue weighted by molar-refractivity contribution is 5.57. The van der Waals surface area contributed by atoms with Crippen molar-refractivity contribution in [1.82, 2.24) is 14.8 Å². The Balaban J connectivity index is 2.54. The number of hydrogen-bond acceptors (Lipinski definition) is 3. The zero-order valence-corrected chi connectivity index (χ0v) is 9.16. The fourth-order valence-electron chi connectivity index (χ4n) is 1.40. The van der Waals surface area contributed by atoms with E-state index in [0.717, 1.165) is 6.07 Å². The predicted octanol–water partition coefficient (Wildman–Crippen LogP) is 2.22. The summed E-state index contributed by atoms with van der Waals surface area (Å²) in [5.74, 6) is -1.27. The molecule has 0 saturated carbocycles. The highest BCUT2D eigenvalue weighted by Crippen LogP contribution is 2.33. The van der Waals surface area contributed by atoms with Gasteiger partial charge >= 0.3 is 6.18 Å². The lowest BCUT2D eigenvalue weighted by molar-refractivity contribution is -0.139. The molecule has 2 N–H and O–H groups in total. The molecule has 2 rings (SSSR count). The summed E-state index contributed by atoms with van der Waals surface area (Å²) >= 11 is 0. The number of nitrogen functional groups attached to an aromatic ring is 1. The maximum absolute atomic E-state index is 13.1. The smallest absolute Gasteiger partial charge is 0.368 e. The molecule has 2 aromatic rings. The van der Waals surface area contributed by atoms with E-state index in [-0.39, 0.29) is 17.3 Å². The van der Waals surface area contributed by atoms with Crippen molar-refractivity contribution in [3.8, 4) is 11.4 Å². The zero-order chi connectivity index (χ0) is 13.5. The first-order chi connectivity index (χ1) is 8.29. The number of aryl methyl sites for hydroxylation is 1. The van der Waals surface area contributed by atoms with Crippen molar-refractivity contribution in [2.24, 2.45) is 7.05 Å². The Hall–Kier alpha value is -2.12. The van der Waals surface area contributed by atoms with Crippen LogP contribution in [-0.2, 0) is 13.2 Å². The summed E-state index contributed by atoms with van der Waals surface area (Å²) in [4.78, 5) is 3.77. The Labute approximate surface area is 99.0 Å². The van der Waals surface area contributed by atoms with Crippen LogP contribution in [0.2, 0.25) is 0 Å². The second-order valence-electron chi connectivity index (χ2n) is 3.61. The monoisotopic (exact) mass is 260 g/mol. The summed E-state index contributed by atoms with van der Waals surface area (Å²) in [6.45, 7) is 0. The Kier molecular flexibility index (Phi) is 2.72. The van der Waals surface area contributed by atoms with Gasteiger partial charge < -0.3 is 5.73 Å². The number of hydrogen-bond donors (Lipinski definition) is 1. The fraction of sp³-hybridized carbons (Fsp3) is 0.200. The number of halogens is 4. The van der Waals surface area contributed by atoms with Crippen molar-refractivity contribution in [3.05, 3.63) is 29.6 Å². The van der Waals surface area contributed by atoms with E-state index in [1.54, 1.807) is 0 Å². The van der Waals surface area contributed by atoms with Crippen LogP contribution in [0.4, 0.5) is 23.5 Å². The first-order valence-electron chi connectivity index (χ1n) is 4.82. The number of aromatic nitrogens is 3. The largest absolute Gasteiger partial charge is 0.419 e. The maximum Gasteiger partial charge on any atom is 0.419 e. The third kappa shape index (κ3) is 2.13. The molecule has 0 atom stereocenters. The molecule has 4 nitrogen and oxygen atoms in total. The van der Waals surface area contributed by atoms with Gasteiger partial charge in [0.1, 0.15) is 5.82 Å². The van der Waals surface area contributed by atoms with Gasteiger partial charge in [0.15, 0.2) is 5.82 Å². The molecular weight excluding hydrogens is 252 g/mol. The van der Waals surface area contributed by atoms with Crippen LogP contribution in [0.1, 0.15) is 5.56 Å². The van der Waals surface area contributed by atoms with Crippen LogP contribution in [0.5, 0.6) is 0 Å². The summed E-state index contributed by atoms with van der Waals surface area (Å²) < 4.78 is 51.8. The second kappa shape index (κ2) is 3.97. The average molecular weight is 260 g/mol. The molecule has 0 unspecified atom stereocenters. The van der Waals surface area contributed by atoms with Crippen molar-refractivity contribution >= 4 is 5.95 Å². The van der Waals surface area contributed by atoms with Crippen molar-refractivity contribution < 1.29 is 17.6 Å². The normalized spacial score (nSPS) is 11.8. The van der Waals surface area contributed by atoms with Crippen molar-refractivity contribution in [3.63, 3.8) is 0 Å². The Morgan fingerprint density at radius 1 is 1.28 bits per heavy atom. The quantitative estimate of drug-likeness (QED) is 0.800. The Morgan fingerprint density at radius 2 is 1.94 bits per heavy atom. The van der Waals surface area contributed by atoms with Crippen LogP contribution in [0.25, 0.3) is 11.4 Å². The maximum atomic E-state index is 13.1. The van der Waals surface area contributed by atoms with E-state index in [1.807, 2.05) is 0 Å². The van der Waals surface area contributed by atoms with Crippen molar-refractivity contribution in [2.45, 2.75) is 6.18 Å². The van der Waals surface area contributed by atoms with Gasteiger partial charge in [0.2, 0.25) is 5.95 Å². The molecular formula is C10H8F4N4. The van der Waals surface area contributed by atoms with Gasteiger partial charge in [-0.3, -0.25) is 0 Å². The summed E-state index contributed by atoms with van der Waals surface area (Å²) in [7, 11) is 1.50. The van der Waals surface area contributed by atoms with Gasteiger partial charge in [-0.15, -0.1) is 5.10 Å². The lowest BCUT2D eigenvalue weighted by Gasteiger charge is -2.08. The molecule has 18 heavy (non-hydrogen) atoms. The fourth-order valence-corrected chi connectivity index (χ4v) is 1.40. The Bertz CT molecular complexity index is 569. The molecule has 8 heteroatoms. The standard InChI is InChI=1S/C10H8F4N4/c1-18-9(15)16-8(17-18)5-2-3-7(11)6(4-5)10(12,13)14/h2-4H,1H3,(H2,15,16,17). The molecule has 0 bridgehead atoms. The number of alkyl halides is 3. The lowest BCUT2D eigenvalue weighted by Crippen LogP contribution is -2.08. The number of benzene rings is 1. The molecule has 96 valence electrons. The highest BCUT2D eigenvalue weighted by atomic mass is 19.4. The topological polar surface area (TPSA) is 56.7 Å². The van der Waals surface area contributed by atoms with Crippen LogP contribution in [0.15, 0.2) is 18.2 Å².